The third-order valence-corrected chi connectivity index (χ3v) is 2.35. The minimum atomic E-state index is 0.390. The van der Waals surface area contributed by atoms with Crippen molar-refractivity contribution < 1.29 is 4.74 Å². The first-order chi connectivity index (χ1) is 5.95. The lowest BCUT2D eigenvalue weighted by Gasteiger charge is -1.97. The summed E-state index contributed by atoms with van der Waals surface area (Å²) < 4.78 is 5.63. The van der Waals surface area contributed by atoms with Gasteiger partial charge in [0, 0.05) is 5.56 Å². The Morgan fingerprint density at radius 1 is 1.17 bits per heavy atom. The van der Waals surface area contributed by atoms with Crippen molar-refractivity contribution in [2.45, 2.75) is 5.92 Å². The lowest BCUT2D eigenvalue weighted by atomic mass is 10.0. The number of ether oxygens (including phenoxy) is 1. The SMILES string of the molecule is C1=CC2C(=C1)Oc1ccccc12. The molecule has 0 saturated heterocycles. The number of hydrogen-bond donors (Lipinski definition) is 0. The van der Waals surface area contributed by atoms with Crippen LogP contribution in [-0.2, 0) is 0 Å². The second-order valence-corrected chi connectivity index (χ2v) is 3.07. The van der Waals surface area contributed by atoms with Gasteiger partial charge in [0.05, 0.1) is 5.92 Å². The molecule has 0 amide bonds. The van der Waals surface area contributed by atoms with Crippen LogP contribution in [0.5, 0.6) is 5.75 Å². The summed E-state index contributed by atoms with van der Waals surface area (Å²) in [6.45, 7) is 0. The molecule has 3 rings (SSSR count). The van der Waals surface area contributed by atoms with E-state index in [1.54, 1.807) is 0 Å². The fraction of sp³-hybridized carbons (Fsp3) is 0.0909. The molecule has 0 bridgehead atoms. The molecule has 2 aliphatic rings. The van der Waals surface area contributed by atoms with E-state index in [0.717, 1.165) is 11.5 Å². The Balaban J connectivity index is 2.22. The molecule has 0 aromatic heterocycles. The van der Waals surface area contributed by atoms with Crippen molar-refractivity contribution in [3.63, 3.8) is 0 Å². The van der Waals surface area contributed by atoms with E-state index in [-0.39, 0.29) is 0 Å². The van der Waals surface area contributed by atoms with Crippen LogP contribution in [0.4, 0.5) is 0 Å². The van der Waals surface area contributed by atoms with Gasteiger partial charge in [-0.15, -0.1) is 0 Å². The van der Waals surface area contributed by atoms with E-state index < -0.39 is 0 Å². The largest absolute Gasteiger partial charge is 0.460 e. The molecule has 0 N–H and O–H groups in total. The van der Waals surface area contributed by atoms with Crippen molar-refractivity contribution in [1.29, 1.82) is 0 Å². The Labute approximate surface area is 71.0 Å². The zero-order valence-corrected chi connectivity index (χ0v) is 6.53. The van der Waals surface area contributed by atoms with Crippen LogP contribution in [0.3, 0.4) is 0 Å². The first-order valence-corrected chi connectivity index (χ1v) is 4.10. The molecular weight excluding hydrogens is 148 g/mol. The minimum Gasteiger partial charge on any atom is -0.460 e. The number of rotatable bonds is 0. The molecule has 1 unspecified atom stereocenters. The maximum atomic E-state index is 5.63. The van der Waals surface area contributed by atoms with Gasteiger partial charge in [0.15, 0.2) is 0 Å². The molecule has 1 heterocycles. The van der Waals surface area contributed by atoms with Crippen LogP contribution < -0.4 is 4.74 Å². The summed E-state index contributed by atoms with van der Waals surface area (Å²) in [6, 6.07) is 8.19. The summed E-state index contributed by atoms with van der Waals surface area (Å²) >= 11 is 0. The van der Waals surface area contributed by atoms with Crippen molar-refractivity contribution in [3.8, 4) is 5.75 Å². The highest BCUT2D eigenvalue weighted by atomic mass is 16.5. The highest BCUT2D eigenvalue weighted by Gasteiger charge is 2.28. The predicted molar refractivity (Wildman–Crippen MR) is 47.0 cm³/mol. The zero-order valence-electron chi connectivity index (χ0n) is 6.53. The number of benzene rings is 1. The summed E-state index contributed by atoms with van der Waals surface area (Å²) in [7, 11) is 0. The Bertz CT molecular complexity index is 388. The molecule has 1 atom stereocenters. The monoisotopic (exact) mass is 156 g/mol. The van der Waals surface area contributed by atoms with E-state index in [2.05, 4.69) is 24.3 Å². The van der Waals surface area contributed by atoms with Gasteiger partial charge in [0.25, 0.3) is 0 Å². The van der Waals surface area contributed by atoms with Gasteiger partial charge < -0.3 is 4.74 Å². The van der Waals surface area contributed by atoms with Crippen molar-refractivity contribution in [2.75, 3.05) is 0 Å². The van der Waals surface area contributed by atoms with Crippen molar-refractivity contribution >= 4 is 0 Å². The molecule has 0 fully saturated rings. The van der Waals surface area contributed by atoms with E-state index in [4.69, 9.17) is 4.74 Å². The van der Waals surface area contributed by atoms with Crippen LogP contribution in [0.15, 0.2) is 48.3 Å². The number of allylic oxidation sites excluding steroid dienone is 3. The Hall–Kier alpha value is -1.50. The lowest BCUT2D eigenvalue weighted by molar-refractivity contribution is 0.441. The Kier molecular flexibility index (Phi) is 1.01. The van der Waals surface area contributed by atoms with Crippen molar-refractivity contribution in [1.82, 2.24) is 0 Å². The molecule has 0 spiro atoms. The predicted octanol–water partition coefficient (Wildman–Crippen LogP) is 2.62. The number of hydrogen-bond acceptors (Lipinski definition) is 1. The van der Waals surface area contributed by atoms with Crippen molar-refractivity contribution in [2.24, 2.45) is 0 Å². The molecule has 58 valence electrons. The van der Waals surface area contributed by atoms with Gasteiger partial charge in [-0.1, -0.05) is 30.4 Å². The average Bonchev–Trinajstić information content (AvgIpc) is 2.62. The Morgan fingerprint density at radius 3 is 3.08 bits per heavy atom. The highest BCUT2D eigenvalue weighted by molar-refractivity contribution is 5.52. The smallest absolute Gasteiger partial charge is 0.131 e. The molecule has 1 aromatic rings. The molecule has 0 radical (unpaired) electrons. The third-order valence-electron chi connectivity index (χ3n) is 2.35. The van der Waals surface area contributed by atoms with Gasteiger partial charge in [-0.25, -0.2) is 0 Å². The van der Waals surface area contributed by atoms with E-state index in [0.29, 0.717) is 5.92 Å². The molecule has 1 aliphatic heterocycles. The third kappa shape index (κ3) is 0.632. The van der Waals surface area contributed by atoms with E-state index in [9.17, 15) is 0 Å². The van der Waals surface area contributed by atoms with Crippen LogP contribution in [0.1, 0.15) is 11.5 Å². The standard InChI is InChI=1S/C11H8O/c1-2-6-10-8(4-1)9-5-3-7-11(9)12-10/h1-7,9H. The molecule has 1 heteroatoms. The topological polar surface area (TPSA) is 9.23 Å². The van der Waals surface area contributed by atoms with Gasteiger partial charge >= 0.3 is 0 Å². The van der Waals surface area contributed by atoms with E-state index in [1.807, 2.05) is 18.2 Å². The molecule has 0 saturated carbocycles. The Morgan fingerprint density at radius 2 is 2.08 bits per heavy atom. The molecule has 1 nitrogen and oxygen atoms in total. The summed E-state index contributed by atoms with van der Waals surface area (Å²) in [4.78, 5) is 0. The normalized spacial score (nSPS) is 23.0. The van der Waals surface area contributed by atoms with Crippen LogP contribution in [0, 0.1) is 0 Å². The van der Waals surface area contributed by atoms with Gasteiger partial charge in [0.1, 0.15) is 11.5 Å². The molecular formula is C11H8O. The molecule has 1 aliphatic carbocycles. The summed E-state index contributed by atoms with van der Waals surface area (Å²) in [5.41, 5.74) is 1.29. The first kappa shape index (κ1) is 6.06. The molecule has 12 heavy (non-hydrogen) atoms. The van der Waals surface area contributed by atoms with Gasteiger partial charge in [0.2, 0.25) is 0 Å². The maximum Gasteiger partial charge on any atom is 0.131 e. The zero-order chi connectivity index (χ0) is 7.97. The number of fused-ring (bicyclic) bond motifs is 3. The van der Waals surface area contributed by atoms with Crippen LogP contribution in [-0.4, -0.2) is 0 Å². The van der Waals surface area contributed by atoms with E-state index in [1.165, 1.54) is 5.56 Å². The van der Waals surface area contributed by atoms with E-state index >= 15 is 0 Å². The number of para-hydroxylation sites is 1. The van der Waals surface area contributed by atoms with Gasteiger partial charge in [-0.3, -0.25) is 0 Å². The second-order valence-electron chi connectivity index (χ2n) is 3.07. The average molecular weight is 156 g/mol. The highest BCUT2D eigenvalue weighted by Crippen LogP contribution is 2.43. The fourth-order valence-corrected chi connectivity index (χ4v) is 1.77. The van der Waals surface area contributed by atoms with Crippen molar-refractivity contribution in [3.05, 3.63) is 53.8 Å². The second kappa shape index (κ2) is 2.01. The van der Waals surface area contributed by atoms with Gasteiger partial charge in [-0.05, 0) is 12.1 Å². The lowest BCUT2D eigenvalue weighted by Crippen LogP contribution is -1.89. The quantitative estimate of drug-likeness (QED) is 0.561. The van der Waals surface area contributed by atoms with Gasteiger partial charge in [-0.2, -0.15) is 0 Å². The van der Waals surface area contributed by atoms with Crippen LogP contribution in [0.2, 0.25) is 0 Å². The maximum absolute atomic E-state index is 5.63. The summed E-state index contributed by atoms with van der Waals surface area (Å²) in [5, 5.41) is 0. The van der Waals surface area contributed by atoms with Crippen LogP contribution >= 0.6 is 0 Å². The fourth-order valence-electron chi connectivity index (χ4n) is 1.77. The summed E-state index contributed by atoms with van der Waals surface area (Å²) in [5.74, 6) is 2.47. The first-order valence-electron chi connectivity index (χ1n) is 4.10. The van der Waals surface area contributed by atoms with Crippen LogP contribution in [0.25, 0.3) is 0 Å². The minimum absolute atomic E-state index is 0.390. The molecule has 1 aromatic carbocycles. The summed E-state index contributed by atoms with van der Waals surface area (Å²) in [6.07, 6.45) is 6.25.